The molecular formula is C11H14N2O3S. The number of carboxylic acid groups (broad SMARTS) is 1. The van der Waals surface area contributed by atoms with Crippen molar-refractivity contribution in [3.05, 3.63) is 22.4 Å². The molecule has 17 heavy (non-hydrogen) atoms. The maximum atomic E-state index is 12.2. The number of nitrogens with zero attached hydrogens (tertiary/aromatic N) is 1. The average Bonchev–Trinajstić information content (AvgIpc) is 2.80. The van der Waals surface area contributed by atoms with Gasteiger partial charge in [0.05, 0.1) is 4.88 Å². The van der Waals surface area contributed by atoms with E-state index >= 15 is 0 Å². The molecule has 2 unspecified atom stereocenters. The minimum atomic E-state index is -0.963. The van der Waals surface area contributed by atoms with Gasteiger partial charge in [0.1, 0.15) is 6.04 Å². The fraction of sp³-hybridized carbons (Fsp3) is 0.455. The Bertz CT molecular complexity index is 418. The highest BCUT2D eigenvalue weighted by Gasteiger charge is 2.37. The SMILES string of the molecule is CC1NCCN(C(=O)c2cccs2)C1C(=O)O. The number of thiophene rings is 1. The van der Waals surface area contributed by atoms with Crippen molar-refractivity contribution in [2.45, 2.75) is 19.0 Å². The van der Waals surface area contributed by atoms with Crippen LogP contribution in [0.4, 0.5) is 0 Å². The molecular weight excluding hydrogens is 240 g/mol. The molecule has 0 aromatic carbocycles. The van der Waals surface area contributed by atoms with E-state index in [0.29, 0.717) is 18.0 Å². The van der Waals surface area contributed by atoms with E-state index in [1.165, 1.54) is 16.2 Å². The Morgan fingerprint density at radius 3 is 2.94 bits per heavy atom. The summed E-state index contributed by atoms with van der Waals surface area (Å²) < 4.78 is 0. The first-order valence-electron chi connectivity index (χ1n) is 5.42. The van der Waals surface area contributed by atoms with Crippen LogP contribution in [0, 0.1) is 0 Å². The fourth-order valence-electron chi connectivity index (χ4n) is 2.05. The maximum Gasteiger partial charge on any atom is 0.328 e. The molecule has 6 heteroatoms. The van der Waals surface area contributed by atoms with Gasteiger partial charge in [-0.1, -0.05) is 6.07 Å². The summed E-state index contributed by atoms with van der Waals surface area (Å²) in [6, 6.07) is 2.49. The summed E-state index contributed by atoms with van der Waals surface area (Å²) >= 11 is 1.34. The van der Waals surface area contributed by atoms with Crippen molar-refractivity contribution in [2.75, 3.05) is 13.1 Å². The Balaban J connectivity index is 2.23. The lowest BCUT2D eigenvalue weighted by molar-refractivity contribution is -0.144. The monoisotopic (exact) mass is 254 g/mol. The molecule has 0 bridgehead atoms. The lowest BCUT2D eigenvalue weighted by atomic mass is 10.1. The van der Waals surface area contributed by atoms with E-state index < -0.39 is 12.0 Å². The van der Waals surface area contributed by atoms with Crippen LogP contribution in [-0.4, -0.2) is 47.1 Å². The lowest BCUT2D eigenvalue weighted by Crippen LogP contribution is -2.61. The molecule has 2 atom stereocenters. The van der Waals surface area contributed by atoms with Gasteiger partial charge in [-0.25, -0.2) is 4.79 Å². The van der Waals surface area contributed by atoms with Gasteiger partial charge in [-0.3, -0.25) is 4.79 Å². The van der Waals surface area contributed by atoms with Crippen molar-refractivity contribution in [1.29, 1.82) is 0 Å². The van der Waals surface area contributed by atoms with Crippen LogP contribution in [0.3, 0.4) is 0 Å². The number of hydrogen-bond donors (Lipinski definition) is 2. The fourth-order valence-corrected chi connectivity index (χ4v) is 2.73. The van der Waals surface area contributed by atoms with Gasteiger partial charge in [-0.15, -0.1) is 11.3 Å². The van der Waals surface area contributed by atoms with E-state index in [0.717, 1.165) is 0 Å². The van der Waals surface area contributed by atoms with Crippen molar-refractivity contribution >= 4 is 23.2 Å². The molecule has 92 valence electrons. The van der Waals surface area contributed by atoms with E-state index in [-0.39, 0.29) is 11.9 Å². The predicted molar refractivity (Wildman–Crippen MR) is 64.2 cm³/mol. The second kappa shape index (κ2) is 4.85. The summed E-state index contributed by atoms with van der Waals surface area (Å²) in [6.45, 7) is 2.84. The zero-order chi connectivity index (χ0) is 12.4. The molecule has 1 aliphatic heterocycles. The number of carbonyl (C=O) groups excluding carboxylic acids is 1. The number of amides is 1. The molecule has 1 aromatic heterocycles. The summed E-state index contributed by atoms with van der Waals surface area (Å²) in [5.74, 6) is -1.16. The van der Waals surface area contributed by atoms with Gasteiger partial charge in [0.2, 0.25) is 0 Å². The summed E-state index contributed by atoms with van der Waals surface area (Å²) in [7, 11) is 0. The van der Waals surface area contributed by atoms with Crippen LogP contribution < -0.4 is 5.32 Å². The molecule has 1 amide bonds. The highest BCUT2D eigenvalue weighted by atomic mass is 32.1. The molecule has 1 fully saturated rings. The van der Waals surface area contributed by atoms with E-state index in [4.69, 9.17) is 0 Å². The van der Waals surface area contributed by atoms with Crippen LogP contribution >= 0.6 is 11.3 Å². The molecule has 0 radical (unpaired) electrons. The van der Waals surface area contributed by atoms with Crippen LogP contribution in [0.5, 0.6) is 0 Å². The normalized spacial score (nSPS) is 24.6. The third kappa shape index (κ3) is 2.32. The molecule has 1 saturated heterocycles. The van der Waals surface area contributed by atoms with E-state index in [1.54, 1.807) is 19.1 Å². The van der Waals surface area contributed by atoms with Crippen molar-refractivity contribution in [2.24, 2.45) is 0 Å². The standard InChI is InChI=1S/C11H14N2O3S/c1-7-9(11(15)16)13(5-4-12-7)10(14)8-3-2-6-17-8/h2-3,6-7,9,12H,4-5H2,1H3,(H,15,16). The Kier molecular flexibility index (Phi) is 3.44. The number of rotatable bonds is 2. The molecule has 0 saturated carbocycles. The molecule has 2 heterocycles. The van der Waals surface area contributed by atoms with Crippen LogP contribution in [0.1, 0.15) is 16.6 Å². The van der Waals surface area contributed by atoms with Crippen molar-refractivity contribution in [3.8, 4) is 0 Å². The molecule has 0 aliphatic carbocycles. The highest BCUT2D eigenvalue weighted by molar-refractivity contribution is 7.12. The lowest BCUT2D eigenvalue weighted by Gasteiger charge is -2.37. The van der Waals surface area contributed by atoms with Crippen LogP contribution in [-0.2, 0) is 4.79 Å². The third-order valence-corrected chi connectivity index (χ3v) is 3.73. The van der Waals surface area contributed by atoms with Crippen LogP contribution in [0.15, 0.2) is 17.5 Å². The minimum absolute atomic E-state index is 0.194. The Hall–Kier alpha value is -1.40. The zero-order valence-corrected chi connectivity index (χ0v) is 10.2. The van der Waals surface area contributed by atoms with E-state index in [2.05, 4.69) is 5.32 Å². The first kappa shape index (κ1) is 12.1. The van der Waals surface area contributed by atoms with Gasteiger partial charge in [-0.05, 0) is 18.4 Å². The van der Waals surface area contributed by atoms with Crippen molar-refractivity contribution in [1.82, 2.24) is 10.2 Å². The van der Waals surface area contributed by atoms with Gasteiger partial charge in [-0.2, -0.15) is 0 Å². The minimum Gasteiger partial charge on any atom is -0.480 e. The van der Waals surface area contributed by atoms with Gasteiger partial charge in [0, 0.05) is 19.1 Å². The van der Waals surface area contributed by atoms with Crippen LogP contribution in [0.25, 0.3) is 0 Å². The molecule has 2 N–H and O–H groups in total. The van der Waals surface area contributed by atoms with E-state index in [9.17, 15) is 14.7 Å². The number of piperazine rings is 1. The predicted octanol–water partition coefficient (Wildman–Crippen LogP) is 0.635. The number of carbonyl (C=O) groups is 2. The number of carboxylic acids is 1. The summed E-state index contributed by atoms with van der Waals surface area (Å²) in [4.78, 5) is 25.4. The Morgan fingerprint density at radius 1 is 1.59 bits per heavy atom. The van der Waals surface area contributed by atoms with Gasteiger partial charge in [0.15, 0.2) is 0 Å². The Morgan fingerprint density at radius 2 is 2.35 bits per heavy atom. The van der Waals surface area contributed by atoms with Crippen molar-refractivity contribution < 1.29 is 14.7 Å². The summed E-state index contributed by atoms with van der Waals surface area (Å²) in [6.07, 6.45) is 0. The first-order chi connectivity index (χ1) is 8.11. The molecule has 1 aromatic rings. The summed E-state index contributed by atoms with van der Waals surface area (Å²) in [5.41, 5.74) is 0. The van der Waals surface area contributed by atoms with E-state index in [1.807, 2.05) is 5.38 Å². The topological polar surface area (TPSA) is 69.6 Å². The Labute approximate surface area is 103 Å². The van der Waals surface area contributed by atoms with Gasteiger partial charge < -0.3 is 15.3 Å². The number of nitrogens with one attached hydrogen (secondary N) is 1. The molecule has 0 spiro atoms. The number of aliphatic carboxylic acids is 1. The quantitative estimate of drug-likeness (QED) is 0.812. The largest absolute Gasteiger partial charge is 0.480 e. The van der Waals surface area contributed by atoms with Gasteiger partial charge >= 0.3 is 5.97 Å². The van der Waals surface area contributed by atoms with Crippen LogP contribution in [0.2, 0.25) is 0 Å². The molecule has 2 rings (SSSR count). The average molecular weight is 254 g/mol. The van der Waals surface area contributed by atoms with Crippen molar-refractivity contribution in [3.63, 3.8) is 0 Å². The summed E-state index contributed by atoms with van der Waals surface area (Å²) in [5, 5.41) is 14.1. The number of hydrogen-bond acceptors (Lipinski definition) is 4. The smallest absolute Gasteiger partial charge is 0.328 e. The first-order valence-corrected chi connectivity index (χ1v) is 6.30. The maximum absolute atomic E-state index is 12.2. The van der Waals surface area contributed by atoms with Gasteiger partial charge in [0.25, 0.3) is 5.91 Å². The second-order valence-corrected chi connectivity index (χ2v) is 4.95. The second-order valence-electron chi connectivity index (χ2n) is 4.00. The third-order valence-electron chi connectivity index (χ3n) is 2.87. The zero-order valence-electron chi connectivity index (χ0n) is 9.42. The highest BCUT2D eigenvalue weighted by Crippen LogP contribution is 2.17. The molecule has 1 aliphatic rings. The molecule has 5 nitrogen and oxygen atoms in total.